The van der Waals surface area contributed by atoms with Crippen molar-refractivity contribution in [3.05, 3.63) is 65.3 Å². The van der Waals surface area contributed by atoms with Crippen molar-refractivity contribution >= 4 is 23.2 Å². The minimum Gasteiger partial charge on any atom is -0.393 e. The fourth-order valence-electron chi connectivity index (χ4n) is 3.35. The first-order chi connectivity index (χ1) is 12.6. The maximum atomic E-state index is 12.7. The van der Waals surface area contributed by atoms with Gasteiger partial charge in [0.05, 0.1) is 11.1 Å². The van der Waals surface area contributed by atoms with Gasteiger partial charge in [-0.05, 0) is 43.0 Å². The number of halogens is 1. The SMILES string of the molecule is O=C(N[C@@H](Cc1ccccn1)C1CC(O)C1)c1cn2cc(Cl)ccc2n1. The molecule has 3 aromatic heterocycles. The number of hydrogen-bond acceptors (Lipinski definition) is 4. The fourth-order valence-corrected chi connectivity index (χ4v) is 3.52. The average molecular weight is 371 g/mol. The van der Waals surface area contributed by atoms with Crippen molar-refractivity contribution in [1.82, 2.24) is 19.7 Å². The van der Waals surface area contributed by atoms with Crippen LogP contribution in [-0.4, -0.2) is 37.5 Å². The van der Waals surface area contributed by atoms with Gasteiger partial charge in [-0.3, -0.25) is 9.78 Å². The molecule has 7 heteroatoms. The van der Waals surface area contributed by atoms with Crippen LogP contribution in [0.1, 0.15) is 29.0 Å². The van der Waals surface area contributed by atoms with E-state index in [2.05, 4.69) is 15.3 Å². The van der Waals surface area contributed by atoms with E-state index in [4.69, 9.17) is 11.6 Å². The molecule has 3 aromatic rings. The van der Waals surface area contributed by atoms with E-state index < -0.39 is 0 Å². The number of pyridine rings is 2. The van der Waals surface area contributed by atoms with Crippen LogP contribution in [0.25, 0.3) is 5.65 Å². The Balaban J connectivity index is 1.52. The van der Waals surface area contributed by atoms with Gasteiger partial charge in [0.2, 0.25) is 0 Å². The number of hydrogen-bond donors (Lipinski definition) is 2. The Morgan fingerprint density at radius 1 is 1.31 bits per heavy atom. The first-order valence-electron chi connectivity index (χ1n) is 8.61. The van der Waals surface area contributed by atoms with E-state index >= 15 is 0 Å². The summed E-state index contributed by atoms with van der Waals surface area (Å²) in [7, 11) is 0. The first kappa shape index (κ1) is 17.0. The fraction of sp³-hybridized carbons (Fsp3) is 0.316. The molecule has 2 N–H and O–H groups in total. The molecule has 0 aliphatic heterocycles. The summed E-state index contributed by atoms with van der Waals surface area (Å²) in [5, 5.41) is 13.3. The zero-order valence-electron chi connectivity index (χ0n) is 14.0. The van der Waals surface area contributed by atoms with Gasteiger partial charge in [0.25, 0.3) is 5.91 Å². The Morgan fingerprint density at radius 3 is 2.88 bits per heavy atom. The molecular formula is C19H19ClN4O2. The van der Waals surface area contributed by atoms with Crippen LogP contribution in [-0.2, 0) is 6.42 Å². The highest BCUT2D eigenvalue weighted by molar-refractivity contribution is 6.30. The molecule has 0 unspecified atom stereocenters. The summed E-state index contributed by atoms with van der Waals surface area (Å²) >= 11 is 5.98. The molecule has 6 nitrogen and oxygen atoms in total. The van der Waals surface area contributed by atoms with Crippen molar-refractivity contribution in [2.75, 3.05) is 0 Å². The van der Waals surface area contributed by atoms with Gasteiger partial charge in [0.1, 0.15) is 11.3 Å². The molecule has 0 aromatic carbocycles. The number of amides is 1. The highest BCUT2D eigenvalue weighted by Gasteiger charge is 2.35. The molecule has 1 fully saturated rings. The summed E-state index contributed by atoms with van der Waals surface area (Å²) in [5.41, 5.74) is 1.93. The summed E-state index contributed by atoms with van der Waals surface area (Å²) < 4.78 is 1.73. The third-order valence-electron chi connectivity index (χ3n) is 4.84. The van der Waals surface area contributed by atoms with Crippen molar-refractivity contribution < 1.29 is 9.90 Å². The number of aliphatic hydroxyl groups is 1. The lowest BCUT2D eigenvalue weighted by atomic mass is 9.76. The first-order valence-corrected chi connectivity index (χ1v) is 8.99. The molecule has 26 heavy (non-hydrogen) atoms. The van der Waals surface area contributed by atoms with Crippen LogP contribution in [0.15, 0.2) is 48.9 Å². The lowest BCUT2D eigenvalue weighted by Gasteiger charge is -2.37. The number of carbonyl (C=O) groups is 1. The molecule has 134 valence electrons. The average Bonchev–Trinajstić information content (AvgIpc) is 3.02. The van der Waals surface area contributed by atoms with Gasteiger partial charge in [0, 0.05) is 36.7 Å². The zero-order chi connectivity index (χ0) is 18.1. The molecule has 1 aliphatic carbocycles. The van der Waals surface area contributed by atoms with E-state index in [1.54, 1.807) is 35.1 Å². The normalized spacial score (nSPS) is 20.5. The van der Waals surface area contributed by atoms with Gasteiger partial charge in [-0.1, -0.05) is 17.7 Å². The van der Waals surface area contributed by atoms with E-state index in [0.29, 0.717) is 35.6 Å². The van der Waals surface area contributed by atoms with Crippen molar-refractivity contribution in [2.24, 2.45) is 5.92 Å². The molecule has 0 bridgehead atoms. The van der Waals surface area contributed by atoms with E-state index in [1.165, 1.54) is 0 Å². The van der Waals surface area contributed by atoms with Gasteiger partial charge in [-0.2, -0.15) is 0 Å². The van der Waals surface area contributed by atoms with Crippen LogP contribution in [0.5, 0.6) is 0 Å². The van der Waals surface area contributed by atoms with Crippen molar-refractivity contribution in [2.45, 2.75) is 31.4 Å². The van der Waals surface area contributed by atoms with Crippen molar-refractivity contribution in [3.8, 4) is 0 Å². The standard InChI is InChI=1S/C19H19ClN4O2/c20-13-4-5-18-22-17(11-24(18)10-13)19(26)23-16(12-7-15(25)8-12)9-14-3-1-2-6-21-14/h1-6,10-12,15-16,25H,7-9H2,(H,23,26)/t12?,15?,16-/m0/s1. The second kappa shape index (κ2) is 7.05. The van der Waals surface area contributed by atoms with Crippen LogP contribution < -0.4 is 5.32 Å². The number of fused-ring (bicyclic) bond motifs is 1. The van der Waals surface area contributed by atoms with E-state index in [1.807, 2.05) is 18.2 Å². The minimum absolute atomic E-state index is 0.0887. The van der Waals surface area contributed by atoms with E-state index in [9.17, 15) is 9.90 Å². The third-order valence-corrected chi connectivity index (χ3v) is 5.06. The smallest absolute Gasteiger partial charge is 0.271 e. The summed E-state index contributed by atoms with van der Waals surface area (Å²) in [6.07, 6.45) is 6.87. The maximum Gasteiger partial charge on any atom is 0.271 e. The summed E-state index contributed by atoms with van der Waals surface area (Å²) in [5.74, 6) is 0.00887. The van der Waals surface area contributed by atoms with Gasteiger partial charge >= 0.3 is 0 Å². The second-order valence-corrected chi connectivity index (χ2v) is 7.17. The van der Waals surface area contributed by atoms with Crippen LogP contribution >= 0.6 is 11.6 Å². The Labute approximate surface area is 155 Å². The molecule has 0 saturated heterocycles. The maximum absolute atomic E-state index is 12.7. The predicted octanol–water partition coefficient (Wildman–Crippen LogP) is 2.49. The van der Waals surface area contributed by atoms with Crippen LogP contribution in [0.2, 0.25) is 5.02 Å². The van der Waals surface area contributed by atoms with Gasteiger partial charge in [0.15, 0.2) is 0 Å². The Hall–Kier alpha value is -2.44. The largest absolute Gasteiger partial charge is 0.393 e. The van der Waals surface area contributed by atoms with Crippen LogP contribution in [0.3, 0.4) is 0 Å². The number of aliphatic hydroxyl groups excluding tert-OH is 1. The molecular weight excluding hydrogens is 352 g/mol. The Kier molecular flexibility index (Phi) is 4.61. The number of nitrogens with zero attached hydrogens (tertiary/aromatic N) is 3. The molecule has 4 rings (SSSR count). The van der Waals surface area contributed by atoms with Gasteiger partial charge < -0.3 is 14.8 Å². The third kappa shape index (κ3) is 3.57. The molecule has 1 amide bonds. The molecule has 0 radical (unpaired) electrons. The highest BCUT2D eigenvalue weighted by Crippen LogP contribution is 2.31. The highest BCUT2D eigenvalue weighted by atomic mass is 35.5. The number of carbonyl (C=O) groups excluding carboxylic acids is 1. The summed E-state index contributed by atoms with van der Waals surface area (Å²) in [4.78, 5) is 21.4. The number of aromatic nitrogens is 3. The lowest BCUT2D eigenvalue weighted by molar-refractivity contribution is 0.0237. The Morgan fingerprint density at radius 2 is 2.15 bits per heavy atom. The predicted molar refractivity (Wildman–Crippen MR) is 98.1 cm³/mol. The van der Waals surface area contributed by atoms with Crippen molar-refractivity contribution in [3.63, 3.8) is 0 Å². The van der Waals surface area contributed by atoms with E-state index in [0.717, 1.165) is 5.69 Å². The van der Waals surface area contributed by atoms with Crippen LogP contribution in [0.4, 0.5) is 0 Å². The number of imidazole rings is 1. The number of rotatable bonds is 5. The molecule has 3 heterocycles. The number of nitrogens with one attached hydrogen (secondary N) is 1. The van der Waals surface area contributed by atoms with Crippen LogP contribution in [0, 0.1) is 5.92 Å². The zero-order valence-corrected chi connectivity index (χ0v) is 14.8. The quantitative estimate of drug-likeness (QED) is 0.723. The minimum atomic E-state index is -0.277. The van der Waals surface area contributed by atoms with Gasteiger partial charge in [-0.25, -0.2) is 4.98 Å². The summed E-state index contributed by atoms with van der Waals surface area (Å²) in [6, 6.07) is 9.17. The molecule has 1 aliphatic rings. The second-order valence-electron chi connectivity index (χ2n) is 6.73. The van der Waals surface area contributed by atoms with Gasteiger partial charge in [-0.15, -0.1) is 0 Å². The lowest BCUT2D eigenvalue weighted by Crippen LogP contribution is -2.48. The molecule has 1 atom stereocenters. The Bertz CT molecular complexity index is 922. The topological polar surface area (TPSA) is 79.5 Å². The van der Waals surface area contributed by atoms with Crippen molar-refractivity contribution in [1.29, 1.82) is 0 Å². The monoisotopic (exact) mass is 370 g/mol. The van der Waals surface area contributed by atoms with E-state index in [-0.39, 0.29) is 24.0 Å². The summed E-state index contributed by atoms with van der Waals surface area (Å²) in [6.45, 7) is 0. The molecule has 0 spiro atoms. The molecule has 1 saturated carbocycles.